The molecule has 1 aliphatic carbocycles. The van der Waals surface area contributed by atoms with Gasteiger partial charge in [0.2, 0.25) is 15.9 Å². The quantitative estimate of drug-likeness (QED) is 0.0302. The topological polar surface area (TPSA) is 253 Å². The number of alkyl carbamates (subject to hydrolysis) is 4. The number of piperazine rings is 1. The van der Waals surface area contributed by atoms with Crippen molar-refractivity contribution in [2.45, 2.75) is 173 Å². The third-order valence-corrected chi connectivity index (χ3v) is 15.7. The first-order valence-electron chi connectivity index (χ1n) is 28.1. The van der Waals surface area contributed by atoms with Crippen molar-refractivity contribution < 1.29 is 74.1 Å². The average molecular weight is 1200 g/mol. The van der Waals surface area contributed by atoms with E-state index in [9.17, 15) is 37.2 Å². The highest BCUT2D eigenvalue weighted by molar-refractivity contribution is 7.89. The smallest absolute Gasteiger partial charge is 0.407 e. The third-order valence-electron chi connectivity index (χ3n) is 13.6. The number of ether oxygens (including phenoxy) is 5. The first-order chi connectivity index (χ1) is 37.9. The molecule has 1 aromatic heterocycles. The normalized spacial score (nSPS) is 18.8. The molecule has 2 aromatic rings. The van der Waals surface area contributed by atoms with Crippen LogP contribution in [-0.4, -0.2) is 172 Å². The van der Waals surface area contributed by atoms with E-state index < -0.39 is 86.7 Å². The Morgan fingerprint density at radius 2 is 1.20 bits per heavy atom. The summed E-state index contributed by atoms with van der Waals surface area (Å²) in [5, 5.41) is 10.9. The number of sulfonamides is 1. The van der Waals surface area contributed by atoms with Crippen molar-refractivity contribution in [1.29, 1.82) is 0 Å². The molecule has 460 valence electrons. The number of quaternary nitrogens is 1. The maximum absolute atomic E-state index is 16.5. The zero-order valence-electron chi connectivity index (χ0n) is 49.7. The van der Waals surface area contributed by atoms with Crippen LogP contribution in [0.3, 0.4) is 0 Å². The Hall–Kier alpha value is -5.79. The number of alkyl halides is 2. The van der Waals surface area contributed by atoms with Crippen molar-refractivity contribution >= 4 is 69.4 Å². The van der Waals surface area contributed by atoms with Crippen molar-refractivity contribution in [3.63, 3.8) is 0 Å². The minimum absolute atomic E-state index is 0.0104. The van der Waals surface area contributed by atoms with Crippen LogP contribution in [0.15, 0.2) is 41.3 Å². The number of esters is 1. The van der Waals surface area contributed by atoms with E-state index >= 15 is 8.78 Å². The van der Waals surface area contributed by atoms with Gasteiger partial charge in [0.05, 0.1) is 24.0 Å². The van der Waals surface area contributed by atoms with Gasteiger partial charge in [-0.05, 0) is 145 Å². The largest absolute Gasteiger partial charge is 0.456 e. The molecule has 1 atom stereocenters. The van der Waals surface area contributed by atoms with Crippen LogP contribution in [0.2, 0.25) is 5.15 Å². The lowest BCUT2D eigenvalue weighted by molar-refractivity contribution is -0.921. The maximum Gasteiger partial charge on any atom is 0.407 e. The van der Waals surface area contributed by atoms with Gasteiger partial charge in [-0.15, -0.1) is 0 Å². The Balaban J connectivity index is 1.15. The number of nitrogens with zero attached hydrogens (tertiary/aromatic N) is 5. The molecule has 0 spiro atoms. The van der Waals surface area contributed by atoms with Crippen molar-refractivity contribution in [1.82, 2.24) is 30.6 Å². The summed E-state index contributed by atoms with van der Waals surface area (Å²) in [7, 11) is -3.99. The minimum Gasteiger partial charge on any atom is -0.456 e. The lowest BCUT2D eigenvalue weighted by atomic mass is 9.80. The second-order valence-electron chi connectivity index (χ2n) is 25.2. The van der Waals surface area contributed by atoms with Crippen LogP contribution in [0.4, 0.5) is 39.5 Å². The molecule has 82 heavy (non-hydrogen) atoms. The fourth-order valence-electron chi connectivity index (χ4n) is 9.90. The number of amides is 5. The molecule has 0 radical (unpaired) electrons. The number of nitrogens with one attached hydrogen (secondary N) is 4. The van der Waals surface area contributed by atoms with E-state index in [1.807, 2.05) is 0 Å². The van der Waals surface area contributed by atoms with Crippen LogP contribution >= 0.6 is 11.6 Å². The second kappa shape index (κ2) is 27.7. The number of carbonyl (C=O) groups excluding carboxylic acids is 6. The Kier molecular flexibility index (Phi) is 22.7. The summed E-state index contributed by atoms with van der Waals surface area (Å²) in [4.78, 5) is 84.3. The zero-order chi connectivity index (χ0) is 61.1. The third kappa shape index (κ3) is 21.4. The van der Waals surface area contributed by atoms with Gasteiger partial charge < -0.3 is 59.2 Å². The Bertz CT molecular complexity index is 2610. The number of benzene rings is 1. The lowest BCUT2D eigenvalue weighted by Gasteiger charge is -2.38. The molecule has 4 N–H and O–H groups in total. The Morgan fingerprint density at radius 1 is 0.683 bits per heavy atom. The molecule has 1 aromatic carbocycles. The highest BCUT2D eigenvalue weighted by Gasteiger charge is 2.44. The second-order valence-corrected chi connectivity index (χ2v) is 27.6. The van der Waals surface area contributed by atoms with E-state index in [2.05, 4.69) is 26.3 Å². The summed E-state index contributed by atoms with van der Waals surface area (Å²) in [6, 6.07) is 7.40. The number of hydrogen-bond acceptors (Lipinski definition) is 15. The van der Waals surface area contributed by atoms with Crippen molar-refractivity contribution in [2.75, 3.05) is 88.4 Å². The van der Waals surface area contributed by atoms with Gasteiger partial charge in [-0.2, -0.15) is 4.31 Å². The number of hydrogen-bond donors (Lipinski definition) is 4. The Morgan fingerprint density at radius 3 is 1.72 bits per heavy atom. The SMILES string of the molecule is CC(C)(C)OC(=O)C[N+](CCCNC(=O)OC(C)(C)C)(CCCNC(=O)OC(C)(C)C)CCOC(=O)NC1CCC(C(F)(F)c2cc(Cl)nc(N3CCN(S(=O)(=O)c4ccc(N5C[C@H](NC(=O)OC(C)(C)C)CC5=O)cc4)CC3)c2)CC1. The lowest BCUT2D eigenvalue weighted by Crippen LogP contribution is -2.56. The van der Waals surface area contributed by atoms with Crippen LogP contribution < -0.4 is 31.1 Å². The van der Waals surface area contributed by atoms with Crippen molar-refractivity contribution in [2.24, 2.45) is 5.92 Å². The van der Waals surface area contributed by atoms with Gasteiger partial charge in [-0.1, -0.05) is 11.6 Å². The molecule has 5 rings (SSSR count). The summed E-state index contributed by atoms with van der Waals surface area (Å²) in [6.45, 7) is 22.6. The standard InChI is InChI=1S/C56H86ClF2N9O13S/c1-52(2,3)78-47(70)37-68(29-13-23-60-48(71)79-53(4,5)6,30-14-24-61-49(72)80-54(7,8)9)31-32-77-50(73)62-40-17-15-38(16-18-40)56(58,59)39-33-44(57)64-45(34-39)65-25-27-66(28-26-65)82(75,76)43-21-19-42(20-22-43)67-36-41(35-46(67)69)63-51(74)81-55(10,11)12/h19-22,33-34,38,40-41H,13-18,23-32,35-37H2,1-12H3,(H3-,60,61,62,63,71,72,73,74)/p+1/t38?,40?,41-/m1/s1. The van der Waals surface area contributed by atoms with Crippen LogP contribution in [0.5, 0.6) is 0 Å². The maximum atomic E-state index is 16.5. The molecule has 3 aliphatic rings. The van der Waals surface area contributed by atoms with Crippen LogP contribution in [0.25, 0.3) is 0 Å². The van der Waals surface area contributed by atoms with E-state index in [-0.39, 0.29) is 129 Å². The van der Waals surface area contributed by atoms with Crippen LogP contribution in [0, 0.1) is 5.92 Å². The molecule has 22 nitrogen and oxygen atoms in total. The highest BCUT2D eigenvalue weighted by Crippen LogP contribution is 2.45. The monoisotopic (exact) mass is 1200 g/mol. The van der Waals surface area contributed by atoms with Crippen LogP contribution in [-0.2, 0) is 49.2 Å². The van der Waals surface area contributed by atoms with Gasteiger partial charge >= 0.3 is 30.3 Å². The molecular weight excluding hydrogens is 1110 g/mol. The molecule has 26 heteroatoms. The van der Waals surface area contributed by atoms with E-state index in [0.717, 1.165) is 6.07 Å². The first-order valence-corrected chi connectivity index (χ1v) is 29.9. The number of halogens is 3. The van der Waals surface area contributed by atoms with Crippen molar-refractivity contribution in [3.05, 3.63) is 47.1 Å². The zero-order valence-corrected chi connectivity index (χ0v) is 51.3. The highest BCUT2D eigenvalue weighted by atomic mass is 35.5. The van der Waals surface area contributed by atoms with Crippen LogP contribution in [0.1, 0.15) is 134 Å². The molecule has 3 heterocycles. The van der Waals surface area contributed by atoms with Gasteiger partial charge in [0.15, 0.2) is 6.54 Å². The first kappa shape index (κ1) is 67.0. The van der Waals surface area contributed by atoms with Gasteiger partial charge in [0, 0.05) is 88.3 Å². The number of pyridine rings is 1. The number of carbonyl (C=O) groups is 6. The number of aromatic nitrogens is 1. The molecule has 5 amide bonds. The number of anilines is 2. The molecule has 2 aliphatic heterocycles. The summed E-state index contributed by atoms with van der Waals surface area (Å²) in [5.74, 6) is -4.98. The van der Waals surface area contributed by atoms with E-state index in [4.69, 9.17) is 35.3 Å². The van der Waals surface area contributed by atoms with E-state index in [0.29, 0.717) is 31.6 Å². The summed E-state index contributed by atoms with van der Waals surface area (Å²) in [6.07, 6.45) is -1.11. The fourth-order valence-corrected chi connectivity index (χ4v) is 11.5. The average Bonchev–Trinajstić information content (AvgIpc) is 3.73. The summed E-state index contributed by atoms with van der Waals surface area (Å²) in [5.41, 5.74) is -2.77. The molecule has 0 bridgehead atoms. The van der Waals surface area contributed by atoms with Gasteiger partial charge in [-0.25, -0.2) is 46.2 Å². The predicted octanol–water partition coefficient (Wildman–Crippen LogP) is 8.24. The molecule has 1 saturated carbocycles. The Labute approximate surface area is 486 Å². The van der Waals surface area contributed by atoms with Gasteiger partial charge in [-0.3, -0.25) is 4.79 Å². The predicted molar refractivity (Wildman–Crippen MR) is 304 cm³/mol. The summed E-state index contributed by atoms with van der Waals surface area (Å²) < 4.78 is 89.4. The van der Waals surface area contributed by atoms with E-state index in [1.54, 1.807) is 88.0 Å². The molecule has 0 unspecified atom stereocenters. The van der Waals surface area contributed by atoms with Crippen molar-refractivity contribution in [3.8, 4) is 0 Å². The fraction of sp³-hybridized carbons (Fsp3) is 0.696. The molecule has 3 fully saturated rings. The summed E-state index contributed by atoms with van der Waals surface area (Å²) >= 11 is 6.39. The van der Waals surface area contributed by atoms with Gasteiger partial charge in [0.1, 0.15) is 46.5 Å². The van der Waals surface area contributed by atoms with E-state index in [1.165, 1.54) is 39.5 Å². The minimum atomic E-state index is -3.99. The number of rotatable bonds is 21. The van der Waals surface area contributed by atoms with Gasteiger partial charge in [0.25, 0.3) is 5.92 Å². The molecular formula is C56H87ClF2N9O13S+. The molecule has 2 saturated heterocycles.